The maximum atomic E-state index is 3.42. The van der Waals surface area contributed by atoms with Crippen molar-refractivity contribution in [1.29, 1.82) is 0 Å². The molecule has 0 aliphatic rings. The molecular weight excluding hydrogens is 346 g/mol. The van der Waals surface area contributed by atoms with E-state index in [9.17, 15) is 0 Å². The summed E-state index contributed by atoms with van der Waals surface area (Å²) in [5, 5.41) is 0. The van der Waals surface area contributed by atoms with Crippen LogP contribution in [-0.2, 0) is 0 Å². The van der Waals surface area contributed by atoms with Gasteiger partial charge < -0.3 is 0 Å². The Bertz CT molecular complexity index is 254. The van der Waals surface area contributed by atoms with Crippen molar-refractivity contribution in [3.05, 3.63) is 38.7 Å². The van der Waals surface area contributed by atoms with E-state index in [-0.39, 0.29) is 0 Å². The van der Waals surface area contributed by atoms with E-state index >= 15 is 0 Å². The summed E-state index contributed by atoms with van der Waals surface area (Å²) in [6.07, 6.45) is 0. The molecule has 0 aromatic heterocycles. The molecular formula is C9H9BrSe2. The zero-order valence-corrected chi connectivity index (χ0v) is 11.7. The summed E-state index contributed by atoms with van der Waals surface area (Å²) in [6, 6.07) is 8.55. The molecule has 1 aromatic carbocycles. The first-order valence-electron chi connectivity index (χ1n) is 3.43. The third-order valence-electron chi connectivity index (χ3n) is 1.21. The van der Waals surface area contributed by atoms with Crippen molar-refractivity contribution in [2.45, 2.75) is 5.82 Å². The second-order valence-corrected chi connectivity index (χ2v) is 6.61. The Balaban J connectivity index is 2.53. The zero-order chi connectivity index (χ0) is 8.81. The van der Waals surface area contributed by atoms with Crippen LogP contribution in [0.25, 0.3) is 0 Å². The summed E-state index contributed by atoms with van der Waals surface area (Å²) in [6.45, 7) is 0. The van der Waals surface area contributed by atoms with Gasteiger partial charge in [0, 0.05) is 0 Å². The van der Waals surface area contributed by atoms with E-state index in [2.05, 4.69) is 56.0 Å². The van der Waals surface area contributed by atoms with Crippen molar-refractivity contribution in [2.24, 2.45) is 0 Å². The van der Waals surface area contributed by atoms with Crippen LogP contribution in [0.4, 0.5) is 0 Å². The molecule has 0 saturated carbocycles. The standard InChI is InChI=1S/C9H9BrSe2/c1-11-6-7-12-9-4-2-8(10)3-5-9/h2-7H,1H3/b7-6-. The Kier molecular flexibility index (Phi) is 5.29. The van der Waals surface area contributed by atoms with Crippen molar-refractivity contribution in [3.8, 4) is 0 Å². The summed E-state index contributed by atoms with van der Waals surface area (Å²) in [4.78, 5) is 4.59. The van der Waals surface area contributed by atoms with Gasteiger partial charge in [0.15, 0.2) is 0 Å². The van der Waals surface area contributed by atoms with Gasteiger partial charge in [-0.25, -0.2) is 0 Å². The second kappa shape index (κ2) is 6.01. The van der Waals surface area contributed by atoms with Gasteiger partial charge in [-0.2, -0.15) is 0 Å². The van der Waals surface area contributed by atoms with Crippen LogP contribution in [0.3, 0.4) is 0 Å². The summed E-state index contributed by atoms with van der Waals surface area (Å²) in [5.74, 6) is 2.22. The zero-order valence-electron chi connectivity index (χ0n) is 6.66. The molecule has 0 aliphatic heterocycles. The second-order valence-electron chi connectivity index (χ2n) is 2.08. The van der Waals surface area contributed by atoms with Crippen molar-refractivity contribution in [1.82, 2.24) is 0 Å². The monoisotopic (exact) mass is 356 g/mol. The van der Waals surface area contributed by atoms with E-state index in [0.29, 0.717) is 29.9 Å². The van der Waals surface area contributed by atoms with Gasteiger partial charge in [0.1, 0.15) is 0 Å². The predicted molar refractivity (Wildman–Crippen MR) is 60.3 cm³/mol. The van der Waals surface area contributed by atoms with Crippen molar-refractivity contribution < 1.29 is 0 Å². The molecule has 0 heterocycles. The molecule has 1 aromatic rings. The van der Waals surface area contributed by atoms with Gasteiger partial charge in [-0.1, -0.05) is 0 Å². The Morgan fingerprint density at radius 2 is 1.83 bits per heavy atom. The van der Waals surface area contributed by atoms with E-state index in [1.165, 1.54) is 4.46 Å². The van der Waals surface area contributed by atoms with E-state index in [1.54, 1.807) is 0 Å². The molecule has 64 valence electrons. The van der Waals surface area contributed by atoms with E-state index < -0.39 is 0 Å². The molecule has 0 aliphatic carbocycles. The Labute approximate surface area is 94.3 Å². The third kappa shape index (κ3) is 3.93. The first kappa shape index (κ1) is 10.6. The van der Waals surface area contributed by atoms with Gasteiger partial charge >= 0.3 is 94.8 Å². The fourth-order valence-electron chi connectivity index (χ4n) is 0.675. The molecule has 12 heavy (non-hydrogen) atoms. The molecule has 3 heteroatoms. The van der Waals surface area contributed by atoms with Crippen LogP contribution in [0.2, 0.25) is 5.82 Å². The van der Waals surface area contributed by atoms with Gasteiger partial charge in [-0.3, -0.25) is 0 Å². The minimum atomic E-state index is 0.526. The quantitative estimate of drug-likeness (QED) is 0.728. The number of halogens is 1. The molecule has 0 fully saturated rings. The van der Waals surface area contributed by atoms with Crippen LogP contribution in [0.5, 0.6) is 0 Å². The fourth-order valence-corrected chi connectivity index (χ4v) is 4.05. The van der Waals surface area contributed by atoms with Gasteiger partial charge in [0.05, 0.1) is 0 Å². The predicted octanol–water partition coefficient (Wildman–Crippen LogP) is 2.00. The van der Waals surface area contributed by atoms with E-state index in [0.717, 1.165) is 4.47 Å². The Morgan fingerprint density at radius 3 is 2.42 bits per heavy atom. The Hall–Kier alpha value is 0.479. The summed E-state index contributed by atoms with van der Waals surface area (Å²) < 4.78 is 2.59. The van der Waals surface area contributed by atoms with E-state index in [1.807, 2.05) is 0 Å². The molecule has 0 amide bonds. The van der Waals surface area contributed by atoms with E-state index in [4.69, 9.17) is 0 Å². The topological polar surface area (TPSA) is 0 Å². The maximum absolute atomic E-state index is 3.42. The van der Waals surface area contributed by atoms with Gasteiger partial charge in [-0.05, 0) is 0 Å². The molecule has 0 spiro atoms. The van der Waals surface area contributed by atoms with Crippen LogP contribution in [0, 0.1) is 0 Å². The number of hydrogen-bond acceptors (Lipinski definition) is 0. The van der Waals surface area contributed by atoms with Gasteiger partial charge in [0.2, 0.25) is 0 Å². The normalized spacial score (nSPS) is 10.8. The summed E-state index contributed by atoms with van der Waals surface area (Å²) >= 11 is 4.62. The van der Waals surface area contributed by atoms with Crippen LogP contribution >= 0.6 is 15.9 Å². The molecule has 0 atom stereocenters. The number of hydrogen-bond donors (Lipinski definition) is 0. The molecule has 1 rings (SSSR count). The fraction of sp³-hybridized carbons (Fsp3) is 0.111. The van der Waals surface area contributed by atoms with Crippen LogP contribution in [0.15, 0.2) is 38.7 Å². The van der Waals surface area contributed by atoms with Crippen molar-refractivity contribution >= 4 is 50.3 Å². The number of benzene rings is 1. The average molecular weight is 355 g/mol. The molecule has 0 radical (unpaired) electrons. The first-order valence-corrected chi connectivity index (χ1v) is 8.77. The molecule has 0 nitrogen and oxygen atoms in total. The molecule has 0 saturated heterocycles. The summed E-state index contributed by atoms with van der Waals surface area (Å²) in [5.41, 5.74) is 0. The molecule has 0 bridgehead atoms. The summed E-state index contributed by atoms with van der Waals surface area (Å²) in [7, 11) is 0. The SMILES string of the molecule is C[Se]/C=C\[Se]c1ccc(Br)cc1. The van der Waals surface area contributed by atoms with Crippen LogP contribution in [-0.4, -0.2) is 29.9 Å². The van der Waals surface area contributed by atoms with Crippen LogP contribution < -0.4 is 4.46 Å². The molecule has 0 unspecified atom stereocenters. The van der Waals surface area contributed by atoms with Crippen LogP contribution in [0.1, 0.15) is 0 Å². The molecule has 0 N–H and O–H groups in total. The first-order chi connectivity index (χ1) is 5.83. The van der Waals surface area contributed by atoms with Gasteiger partial charge in [0.25, 0.3) is 0 Å². The average Bonchev–Trinajstić information content (AvgIpc) is 2.09. The minimum absolute atomic E-state index is 0.526. The third-order valence-corrected chi connectivity index (χ3v) is 5.18. The van der Waals surface area contributed by atoms with Gasteiger partial charge in [-0.15, -0.1) is 0 Å². The Morgan fingerprint density at radius 1 is 1.17 bits per heavy atom. The van der Waals surface area contributed by atoms with Crippen molar-refractivity contribution in [2.75, 3.05) is 0 Å². The number of rotatable bonds is 3. The van der Waals surface area contributed by atoms with Crippen molar-refractivity contribution in [3.63, 3.8) is 0 Å².